The maximum atomic E-state index is 8.63. The summed E-state index contributed by atoms with van der Waals surface area (Å²) in [6, 6.07) is 14.3. The fourth-order valence-corrected chi connectivity index (χ4v) is 3.43. The molecule has 0 amide bonds. The number of benzene rings is 2. The van der Waals surface area contributed by atoms with E-state index in [-0.39, 0.29) is 5.41 Å². The van der Waals surface area contributed by atoms with Crippen LogP contribution in [-0.2, 0) is 15.8 Å². The van der Waals surface area contributed by atoms with Gasteiger partial charge in [-0.1, -0.05) is 18.2 Å². The van der Waals surface area contributed by atoms with Gasteiger partial charge in [-0.25, -0.2) is 8.42 Å². The fraction of sp³-hybridized carbons (Fsp3) is 0.286. The number of hydrogen-bond acceptors (Lipinski definition) is 6. The Balaban J connectivity index is 0.000000575. The Kier molecular flexibility index (Phi) is 7.25. The first kappa shape index (κ1) is 23.4. The van der Waals surface area contributed by atoms with Crippen LogP contribution in [0.25, 0.3) is 0 Å². The van der Waals surface area contributed by atoms with Gasteiger partial charge in [-0.3, -0.25) is 4.55 Å². The van der Waals surface area contributed by atoms with Crippen LogP contribution in [0.3, 0.4) is 0 Å². The average Bonchev–Trinajstić information content (AvgIpc) is 2.87. The number of hydrogen-bond donors (Lipinski definition) is 2. The van der Waals surface area contributed by atoms with Crippen molar-refractivity contribution in [3.8, 4) is 11.5 Å². The lowest BCUT2D eigenvalue weighted by Crippen LogP contribution is -2.26. The SMILES string of the molecule is COc1ccc(N/C=C/C2=[N+](C)c3ccccc3C2(C)C)c(OC)c1.O=S(=O)([O-])O. The Morgan fingerprint density at radius 3 is 2.33 bits per heavy atom. The lowest BCUT2D eigenvalue weighted by molar-refractivity contribution is -0.401. The summed E-state index contributed by atoms with van der Waals surface area (Å²) in [4.78, 5) is 0. The molecule has 3 rings (SSSR count). The van der Waals surface area contributed by atoms with Crippen molar-refractivity contribution in [2.24, 2.45) is 0 Å². The van der Waals surface area contributed by atoms with Crippen molar-refractivity contribution in [3.05, 3.63) is 60.3 Å². The van der Waals surface area contributed by atoms with Gasteiger partial charge < -0.3 is 19.3 Å². The highest BCUT2D eigenvalue weighted by Gasteiger charge is 2.42. The Labute approximate surface area is 177 Å². The van der Waals surface area contributed by atoms with Crippen LogP contribution in [0.4, 0.5) is 11.4 Å². The second-order valence-corrected chi connectivity index (χ2v) is 7.91. The second kappa shape index (κ2) is 9.29. The summed E-state index contributed by atoms with van der Waals surface area (Å²) in [5.41, 5.74) is 4.71. The van der Waals surface area contributed by atoms with Gasteiger partial charge in [0.15, 0.2) is 5.71 Å². The minimum absolute atomic E-state index is 0.0342. The van der Waals surface area contributed by atoms with Gasteiger partial charge in [-0.2, -0.15) is 4.58 Å². The van der Waals surface area contributed by atoms with E-state index in [0.717, 1.165) is 17.2 Å². The first-order chi connectivity index (χ1) is 14.0. The molecule has 0 aromatic heterocycles. The van der Waals surface area contributed by atoms with Crippen LogP contribution < -0.4 is 14.8 Å². The standard InChI is InChI=1S/C21H24N2O2.H2O4S/c1-21(2)16-8-6-7-9-18(16)23(3)20(21)12-13-22-17-11-10-15(24-4)14-19(17)25-5;1-5(2,3)4/h6-14H,1-5H3;(H2,1,2,3,4). The molecule has 9 heteroatoms. The Morgan fingerprint density at radius 2 is 1.77 bits per heavy atom. The highest BCUT2D eigenvalue weighted by Crippen LogP contribution is 2.39. The van der Waals surface area contributed by atoms with Gasteiger partial charge in [0.1, 0.15) is 18.5 Å². The number of rotatable bonds is 5. The summed E-state index contributed by atoms with van der Waals surface area (Å²) in [5.74, 6) is 1.52. The van der Waals surface area contributed by atoms with Crippen molar-refractivity contribution in [3.63, 3.8) is 0 Å². The van der Waals surface area contributed by atoms with Crippen LogP contribution in [0.1, 0.15) is 19.4 Å². The monoisotopic (exact) mass is 434 g/mol. The smallest absolute Gasteiger partial charge is 0.215 e. The van der Waals surface area contributed by atoms with Crippen LogP contribution in [0.5, 0.6) is 11.5 Å². The third-order valence-electron chi connectivity index (χ3n) is 4.83. The van der Waals surface area contributed by atoms with Gasteiger partial charge in [0.05, 0.1) is 25.3 Å². The molecule has 162 valence electrons. The molecule has 0 aliphatic carbocycles. The predicted molar refractivity (Wildman–Crippen MR) is 115 cm³/mol. The van der Waals surface area contributed by atoms with Gasteiger partial charge in [0.25, 0.3) is 0 Å². The zero-order valence-electron chi connectivity index (χ0n) is 17.5. The van der Waals surface area contributed by atoms with Crippen LogP contribution in [0.2, 0.25) is 0 Å². The van der Waals surface area contributed by atoms with Gasteiger partial charge in [0, 0.05) is 30.0 Å². The molecule has 1 aliphatic heterocycles. The lowest BCUT2D eigenvalue weighted by atomic mass is 9.81. The van der Waals surface area contributed by atoms with E-state index in [1.54, 1.807) is 14.2 Å². The molecule has 8 nitrogen and oxygen atoms in total. The molecule has 2 N–H and O–H groups in total. The highest BCUT2D eigenvalue weighted by atomic mass is 32.3. The van der Waals surface area contributed by atoms with Gasteiger partial charge in [-0.05, 0) is 26.0 Å². The number of para-hydroxylation sites is 1. The lowest BCUT2D eigenvalue weighted by Gasteiger charge is -2.15. The number of allylic oxidation sites excluding steroid dienone is 1. The minimum atomic E-state index is -4.92. The van der Waals surface area contributed by atoms with E-state index >= 15 is 0 Å². The van der Waals surface area contributed by atoms with E-state index in [4.69, 9.17) is 27.0 Å². The van der Waals surface area contributed by atoms with Crippen LogP contribution in [0, 0.1) is 0 Å². The molecule has 0 saturated heterocycles. The highest BCUT2D eigenvalue weighted by molar-refractivity contribution is 7.79. The van der Waals surface area contributed by atoms with Crippen molar-refractivity contribution < 1.29 is 31.6 Å². The first-order valence-electron chi connectivity index (χ1n) is 9.03. The molecule has 0 bridgehead atoms. The molecule has 2 aromatic rings. The molecule has 0 saturated carbocycles. The largest absolute Gasteiger partial charge is 0.726 e. The Hall–Kier alpha value is -2.88. The summed E-state index contributed by atoms with van der Waals surface area (Å²) in [5, 5.41) is 3.32. The van der Waals surface area contributed by atoms with Crippen molar-refractivity contribution in [2.75, 3.05) is 26.6 Å². The summed E-state index contributed by atoms with van der Waals surface area (Å²) >= 11 is 0. The van der Waals surface area contributed by atoms with Crippen LogP contribution in [0.15, 0.2) is 54.7 Å². The fourth-order valence-electron chi connectivity index (χ4n) is 3.43. The molecule has 2 aromatic carbocycles. The third kappa shape index (κ3) is 5.59. The number of nitrogens with one attached hydrogen (secondary N) is 1. The average molecular weight is 435 g/mol. The quantitative estimate of drug-likeness (QED) is 0.422. The zero-order valence-corrected chi connectivity index (χ0v) is 18.4. The molecule has 30 heavy (non-hydrogen) atoms. The van der Waals surface area contributed by atoms with E-state index in [1.165, 1.54) is 17.0 Å². The molecule has 0 fully saturated rings. The van der Waals surface area contributed by atoms with Crippen molar-refractivity contribution in [2.45, 2.75) is 19.3 Å². The Bertz CT molecular complexity index is 1070. The van der Waals surface area contributed by atoms with E-state index in [9.17, 15) is 0 Å². The van der Waals surface area contributed by atoms with E-state index < -0.39 is 10.4 Å². The molecule has 0 spiro atoms. The van der Waals surface area contributed by atoms with Crippen molar-refractivity contribution in [1.29, 1.82) is 0 Å². The molecule has 0 unspecified atom stereocenters. The first-order valence-corrected chi connectivity index (χ1v) is 10.4. The molecule has 1 heterocycles. The molecular weight excluding hydrogens is 408 g/mol. The van der Waals surface area contributed by atoms with E-state index in [1.807, 2.05) is 24.4 Å². The molecule has 0 atom stereocenters. The molecule has 0 radical (unpaired) electrons. The van der Waals surface area contributed by atoms with Crippen LogP contribution >= 0.6 is 0 Å². The normalized spacial score (nSPS) is 14.8. The maximum Gasteiger partial charge on any atom is 0.215 e. The minimum Gasteiger partial charge on any atom is -0.726 e. The number of nitrogens with zero attached hydrogens (tertiary/aromatic N) is 1. The summed E-state index contributed by atoms with van der Waals surface area (Å²) < 4.78 is 45.7. The topological polar surface area (TPSA) is 111 Å². The summed E-state index contributed by atoms with van der Waals surface area (Å²) in [6.45, 7) is 4.51. The van der Waals surface area contributed by atoms with Crippen molar-refractivity contribution >= 4 is 27.5 Å². The number of anilines is 1. The molecular formula is C21H26N2O6S. The predicted octanol–water partition coefficient (Wildman–Crippen LogP) is 3.34. The zero-order chi connectivity index (χ0) is 22.5. The van der Waals surface area contributed by atoms with Gasteiger partial charge in [0.2, 0.25) is 16.1 Å². The second-order valence-electron chi connectivity index (χ2n) is 7.06. The van der Waals surface area contributed by atoms with Gasteiger partial charge in [-0.15, -0.1) is 0 Å². The van der Waals surface area contributed by atoms with E-state index in [2.05, 4.69) is 61.1 Å². The third-order valence-corrected chi connectivity index (χ3v) is 4.83. The summed E-state index contributed by atoms with van der Waals surface area (Å²) in [7, 11) is 0.498. The van der Waals surface area contributed by atoms with E-state index in [0.29, 0.717) is 0 Å². The van der Waals surface area contributed by atoms with Gasteiger partial charge >= 0.3 is 0 Å². The van der Waals surface area contributed by atoms with Crippen LogP contribution in [-0.4, -0.2) is 49.1 Å². The maximum absolute atomic E-state index is 8.63. The number of fused-ring (bicyclic) bond motifs is 1. The summed E-state index contributed by atoms with van der Waals surface area (Å²) in [6.07, 6.45) is 4.09. The number of ether oxygens (including phenoxy) is 2. The number of methoxy groups -OCH3 is 2. The Morgan fingerprint density at radius 1 is 1.13 bits per heavy atom. The molecule has 1 aliphatic rings. The van der Waals surface area contributed by atoms with Crippen molar-refractivity contribution in [1.82, 2.24) is 0 Å².